The number of aromatic nitrogens is 3. The zero-order valence-electron chi connectivity index (χ0n) is 11.7. The minimum Gasteiger partial charge on any atom is -0.375 e. The highest BCUT2D eigenvalue weighted by atomic mass is 35.5. The number of nitro groups is 1. The van der Waals surface area contributed by atoms with Crippen molar-refractivity contribution in [2.24, 2.45) is 0 Å². The number of aryl methyl sites for hydroxylation is 1. The van der Waals surface area contributed by atoms with Crippen LogP contribution in [0.2, 0.25) is 10.0 Å². The van der Waals surface area contributed by atoms with Gasteiger partial charge in [-0.15, -0.1) is 10.2 Å². The molecule has 1 heterocycles. The molecule has 1 aromatic heterocycles. The van der Waals surface area contributed by atoms with Crippen LogP contribution in [0.25, 0.3) is 0 Å². The summed E-state index contributed by atoms with van der Waals surface area (Å²) >= 11 is 12.1. The van der Waals surface area contributed by atoms with Crippen molar-refractivity contribution in [3.63, 3.8) is 0 Å². The first-order chi connectivity index (χ1) is 10.5. The number of hydrogen-bond donors (Lipinski definition) is 1. The quantitative estimate of drug-likeness (QED) is 0.661. The van der Waals surface area contributed by atoms with Crippen molar-refractivity contribution in [1.29, 1.82) is 0 Å². The summed E-state index contributed by atoms with van der Waals surface area (Å²) < 4.78 is 2.10. The maximum Gasteiger partial charge on any atom is 0.272 e. The third kappa shape index (κ3) is 2.86. The van der Waals surface area contributed by atoms with Gasteiger partial charge in [0, 0.05) is 18.2 Å². The van der Waals surface area contributed by atoms with Crippen molar-refractivity contribution >= 4 is 34.6 Å². The number of non-ortho nitro benzene ring substituents is 1. The van der Waals surface area contributed by atoms with Crippen molar-refractivity contribution in [3.05, 3.63) is 43.9 Å². The molecule has 9 heteroatoms. The lowest BCUT2D eigenvalue weighted by Gasteiger charge is -2.11. The van der Waals surface area contributed by atoms with E-state index in [9.17, 15) is 10.1 Å². The van der Waals surface area contributed by atoms with Crippen molar-refractivity contribution in [2.45, 2.75) is 32.4 Å². The molecule has 116 valence electrons. The van der Waals surface area contributed by atoms with E-state index in [1.165, 1.54) is 12.1 Å². The van der Waals surface area contributed by atoms with Crippen LogP contribution in [0.1, 0.15) is 30.5 Å². The number of nitrogens with one attached hydrogen (secondary N) is 1. The van der Waals surface area contributed by atoms with Gasteiger partial charge < -0.3 is 9.88 Å². The van der Waals surface area contributed by atoms with E-state index in [0.717, 1.165) is 24.5 Å². The van der Waals surface area contributed by atoms with Crippen molar-refractivity contribution in [1.82, 2.24) is 14.8 Å². The zero-order chi connectivity index (χ0) is 15.9. The minimum atomic E-state index is -0.533. The molecule has 3 rings (SSSR count). The Balaban J connectivity index is 1.81. The van der Waals surface area contributed by atoms with Gasteiger partial charge in [-0.1, -0.05) is 23.2 Å². The Labute approximate surface area is 136 Å². The fourth-order valence-corrected chi connectivity index (χ4v) is 2.95. The SMILES string of the molecule is Cc1nnc(CNc2c(Cl)cc([N+](=O)[O-])cc2Cl)n1C1CC1. The van der Waals surface area contributed by atoms with Gasteiger partial charge in [0.25, 0.3) is 5.69 Å². The summed E-state index contributed by atoms with van der Waals surface area (Å²) in [5, 5.41) is 22.5. The van der Waals surface area contributed by atoms with Crippen molar-refractivity contribution in [3.8, 4) is 0 Å². The van der Waals surface area contributed by atoms with E-state index in [2.05, 4.69) is 20.1 Å². The van der Waals surface area contributed by atoms with Gasteiger partial charge in [0.2, 0.25) is 0 Å². The van der Waals surface area contributed by atoms with E-state index in [4.69, 9.17) is 23.2 Å². The Morgan fingerprint density at radius 2 is 2.00 bits per heavy atom. The summed E-state index contributed by atoms with van der Waals surface area (Å²) in [7, 11) is 0. The monoisotopic (exact) mass is 341 g/mol. The van der Waals surface area contributed by atoms with Gasteiger partial charge in [-0.2, -0.15) is 0 Å². The molecule has 0 atom stereocenters. The molecule has 1 aromatic carbocycles. The van der Waals surface area contributed by atoms with Crippen LogP contribution in [0.4, 0.5) is 11.4 Å². The Kier molecular flexibility index (Phi) is 3.92. The molecular formula is C13H13Cl2N5O2. The molecular weight excluding hydrogens is 329 g/mol. The van der Waals surface area contributed by atoms with E-state index in [0.29, 0.717) is 18.3 Å². The van der Waals surface area contributed by atoms with Crippen LogP contribution in [0.15, 0.2) is 12.1 Å². The maximum absolute atomic E-state index is 10.8. The van der Waals surface area contributed by atoms with Gasteiger partial charge >= 0.3 is 0 Å². The lowest BCUT2D eigenvalue weighted by molar-refractivity contribution is -0.384. The molecule has 0 aliphatic heterocycles. The van der Waals surface area contributed by atoms with E-state index < -0.39 is 4.92 Å². The van der Waals surface area contributed by atoms with E-state index in [1.807, 2.05) is 6.92 Å². The number of benzene rings is 1. The zero-order valence-corrected chi connectivity index (χ0v) is 13.2. The van der Waals surface area contributed by atoms with Crippen molar-refractivity contribution in [2.75, 3.05) is 5.32 Å². The Morgan fingerprint density at radius 3 is 2.55 bits per heavy atom. The third-order valence-corrected chi connectivity index (χ3v) is 4.11. The number of nitro benzene ring substituents is 1. The fourth-order valence-electron chi connectivity index (χ4n) is 2.34. The highest BCUT2D eigenvalue weighted by Crippen LogP contribution is 2.37. The van der Waals surface area contributed by atoms with E-state index >= 15 is 0 Å². The van der Waals surface area contributed by atoms with Crippen LogP contribution in [0.5, 0.6) is 0 Å². The van der Waals surface area contributed by atoms with Crippen LogP contribution >= 0.6 is 23.2 Å². The molecule has 1 saturated carbocycles. The number of halogens is 2. The lowest BCUT2D eigenvalue weighted by atomic mass is 10.2. The van der Waals surface area contributed by atoms with Crippen LogP contribution in [0.3, 0.4) is 0 Å². The van der Waals surface area contributed by atoms with Crippen molar-refractivity contribution < 1.29 is 4.92 Å². The van der Waals surface area contributed by atoms with Gasteiger partial charge in [0.15, 0.2) is 5.82 Å². The number of rotatable bonds is 5. The van der Waals surface area contributed by atoms with Crippen LogP contribution in [-0.2, 0) is 6.54 Å². The third-order valence-electron chi connectivity index (χ3n) is 3.51. The lowest BCUT2D eigenvalue weighted by Crippen LogP contribution is -2.09. The second-order valence-corrected chi connectivity index (χ2v) is 5.97. The highest BCUT2D eigenvalue weighted by molar-refractivity contribution is 6.39. The molecule has 1 aliphatic carbocycles. The Bertz CT molecular complexity index is 719. The molecule has 1 fully saturated rings. The van der Waals surface area contributed by atoms with Gasteiger partial charge in [0.1, 0.15) is 5.82 Å². The maximum atomic E-state index is 10.8. The summed E-state index contributed by atoms with van der Waals surface area (Å²) in [5.74, 6) is 1.67. The van der Waals surface area contributed by atoms with Gasteiger partial charge in [-0.25, -0.2) is 0 Å². The first kappa shape index (κ1) is 15.1. The highest BCUT2D eigenvalue weighted by Gasteiger charge is 2.28. The molecule has 0 radical (unpaired) electrons. The number of nitrogens with zero attached hydrogens (tertiary/aromatic N) is 4. The molecule has 1 N–H and O–H groups in total. The molecule has 0 amide bonds. The fraction of sp³-hybridized carbons (Fsp3) is 0.385. The average molecular weight is 342 g/mol. The van der Waals surface area contributed by atoms with Crippen LogP contribution in [-0.4, -0.2) is 19.7 Å². The molecule has 0 spiro atoms. The predicted molar refractivity (Wildman–Crippen MR) is 83.5 cm³/mol. The molecule has 0 saturated heterocycles. The molecule has 1 aliphatic rings. The molecule has 0 bridgehead atoms. The summed E-state index contributed by atoms with van der Waals surface area (Å²) in [6, 6.07) is 3.01. The Hall–Kier alpha value is -1.86. The number of anilines is 1. The normalized spacial score (nSPS) is 14.1. The predicted octanol–water partition coefficient (Wildman–Crippen LogP) is 3.75. The van der Waals surface area contributed by atoms with Crippen LogP contribution < -0.4 is 5.32 Å². The minimum absolute atomic E-state index is 0.141. The Morgan fingerprint density at radius 1 is 1.36 bits per heavy atom. The molecule has 7 nitrogen and oxygen atoms in total. The first-order valence-electron chi connectivity index (χ1n) is 6.75. The second kappa shape index (κ2) is 5.73. The molecule has 2 aromatic rings. The largest absolute Gasteiger partial charge is 0.375 e. The van der Waals surface area contributed by atoms with Gasteiger partial charge in [0.05, 0.1) is 27.2 Å². The topological polar surface area (TPSA) is 85.9 Å². The second-order valence-electron chi connectivity index (χ2n) is 5.16. The summed E-state index contributed by atoms with van der Waals surface area (Å²) in [5.41, 5.74) is 0.314. The average Bonchev–Trinajstić information content (AvgIpc) is 3.22. The van der Waals surface area contributed by atoms with E-state index in [1.54, 1.807) is 0 Å². The number of hydrogen-bond acceptors (Lipinski definition) is 5. The summed E-state index contributed by atoms with van der Waals surface area (Å²) in [4.78, 5) is 10.2. The van der Waals surface area contributed by atoms with Gasteiger partial charge in [-0.3, -0.25) is 10.1 Å². The van der Waals surface area contributed by atoms with Gasteiger partial charge in [-0.05, 0) is 19.8 Å². The molecule has 0 unspecified atom stereocenters. The molecule has 22 heavy (non-hydrogen) atoms. The summed E-state index contributed by atoms with van der Waals surface area (Å²) in [6.45, 7) is 2.31. The summed E-state index contributed by atoms with van der Waals surface area (Å²) in [6.07, 6.45) is 2.26. The smallest absolute Gasteiger partial charge is 0.272 e. The first-order valence-corrected chi connectivity index (χ1v) is 7.50. The van der Waals surface area contributed by atoms with Crippen LogP contribution in [0, 0.1) is 17.0 Å². The van der Waals surface area contributed by atoms with E-state index in [-0.39, 0.29) is 15.7 Å². The standard InChI is InChI=1S/C13H13Cl2N5O2/c1-7-17-18-12(19(7)8-2-3-8)6-16-13-10(14)4-9(20(21)22)5-11(13)15/h4-5,8,16H,2-3,6H2,1H3.